The maximum Gasteiger partial charge on any atom is 0.472 e. The molecule has 0 aromatic carbocycles. The first kappa shape index (κ1) is 91.5. The largest absolute Gasteiger partial charge is 0.472 e. The molecule has 0 fully saturated rings. The fraction of sp³-hybridized carbons (Fsp3) is 0.893. The summed E-state index contributed by atoms with van der Waals surface area (Å²) >= 11 is 0. The molecular formula is C75H142O17P2. The number of aliphatic hydroxyl groups is 1. The van der Waals surface area contributed by atoms with Crippen LogP contribution >= 0.6 is 15.6 Å². The second-order valence-corrected chi connectivity index (χ2v) is 29.7. The lowest BCUT2D eigenvalue weighted by molar-refractivity contribution is -0.161. The van der Waals surface area contributed by atoms with Crippen LogP contribution in [0.5, 0.6) is 0 Å². The minimum absolute atomic E-state index is 0.102. The number of carbonyl (C=O) groups is 4. The summed E-state index contributed by atoms with van der Waals surface area (Å²) < 4.78 is 68.4. The third-order valence-electron chi connectivity index (χ3n) is 16.9. The molecule has 0 saturated carbocycles. The first-order valence-corrected chi connectivity index (χ1v) is 41.4. The van der Waals surface area contributed by atoms with Gasteiger partial charge in [0.1, 0.15) is 19.3 Å². The maximum absolute atomic E-state index is 13.1. The zero-order valence-electron chi connectivity index (χ0n) is 60.6. The third-order valence-corrected chi connectivity index (χ3v) is 18.8. The molecule has 554 valence electrons. The fourth-order valence-corrected chi connectivity index (χ4v) is 12.6. The van der Waals surface area contributed by atoms with Gasteiger partial charge in [0.2, 0.25) is 0 Å². The first-order valence-electron chi connectivity index (χ1n) is 38.5. The van der Waals surface area contributed by atoms with Crippen LogP contribution in [-0.4, -0.2) is 96.7 Å². The Labute approximate surface area is 573 Å². The number of phosphoric acid groups is 2. The molecule has 0 aliphatic carbocycles. The van der Waals surface area contributed by atoms with E-state index in [0.717, 1.165) is 116 Å². The van der Waals surface area contributed by atoms with E-state index in [1.807, 2.05) is 0 Å². The Morgan fingerprint density at radius 1 is 0.330 bits per heavy atom. The number of unbranched alkanes of at least 4 members (excludes halogenated alkanes) is 42. The van der Waals surface area contributed by atoms with Crippen molar-refractivity contribution in [2.24, 2.45) is 5.92 Å². The van der Waals surface area contributed by atoms with Crippen molar-refractivity contribution in [3.63, 3.8) is 0 Å². The Balaban J connectivity index is 5.26. The first-order chi connectivity index (χ1) is 45.5. The smallest absolute Gasteiger partial charge is 0.462 e. The quantitative estimate of drug-likeness (QED) is 0.0169. The minimum Gasteiger partial charge on any atom is -0.462 e. The molecule has 94 heavy (non-hydrogen) atoms. The number of esters is 4. The van der Waals surface area contributed by atoms with E-state index in [9.17, 15) is 43.2 Å². The number of hydrogen-bond acceptors (Lipinski definition) is 15. The number of rotatable bonds is 73. The van der Waals surface area contributed by atoms with Crippen LogP contribution in [0.1, 0.15) is 369 Å². The summed E-state index contributed by atoms with van der Waals surface area (Å²) in [5.41, 5.74) is 0. The second-order valence-electron chi connectivity index (χ2n) is 26.8. The number of carbonyl (C=O) groups excluding carboxylic acids is 4. The van der Waals surface area contributed by atoms with Crippen molar-refractivity contribution in [3.8, 4) is 0 Å². The molecule has 0 saturated heterocycles. The zero-order valence-corrected chi connectivity index (χ0v) is 62.4. The van der Waals surface area contributed by atoms with E-state index < -0.39 is 97.5 Å². The van der Waals surface area contributed by atoms with E-state index in [0.29, 0.717) is 31.6 Å². The third kappa shape index (κ3) is 68.1. The molecule has 19 heteroatoms. The van der Waals surface area contributed by atoms with Crippen LogP contribution in [0.3, 0.4) is 0 Å². The van der Waals surface area contributed by atoms with Gasteiger partial charge in [0.05, 0.1) is 26.4 Å². The standard InChI is InChI=1S/C75H142O17P2/c1-6-9-12-15-18-21-24-27-29-30-31-33-35-38-41-44-51-56-61-75(80)91-70(64-85-72(77)58-53-48-42-39-37-34-32-28-25-22-19-16-13-10-7-2)66-89-93(81,82)87-62-69(76)63-88-94(83,84)90-67-71(65-86-73(78)59-54-49-46-45-47-52-57-68(4)5)92-74(79)60-55-50-43-40-36-26-23-20-17-14-11-8-3/h22,25,28,32,68-71,76H,6-21,23-24,26-27,29-31,33-67H2,1-5H3,(H,81,82)(H,83,84)/b25-22-,32-28-/t69-,70-,71-/m1/s1. The average Bonchev–Trinajstić information content (AvgIpc) is 2.62. The van der Waals surface area contributed by atoms with Gasteiger partial charge in [0.25, 0.3) is 0 Å². The van der Waals surface area contributed by atoms with Crippen LogP contribution in [0.15, 0.2) is 24.3 Å². The summed E-state index contributed by atoms with van der Waals surface area (Å²) in [7, 11) is -9.92. The topological polar surface area (TPSA) is 237 Å². The van der Waals surface area contributed by atoms with Gasteiger partial charge in [-0.3, -0.25) is 37.3 Å². The predicted molar refractivity (Wildman–Crippen MR) is 381 cm³/mol. The summed E-state index contributed by atoms with van der Waals surface area (Å²) in [4.78, 5) is 72.7. The minimum atomic E-state index is -4.96. The molecular weight excluding hydrogens is 1230 g/mol. The number of ether oxygens (including phenoxy) is 4. The van der Waals surface area contributed by atoms with Gasteiger partial charge in [-0.25, -0.2) is 9.13 Å². The van der Waals surface area contributed by atoms with Crippen LogP contribution in [0.25, 0.3) is 0 Å². The summed E-state index contributed by atoms with van der Waals surface area (Å²) in [6, 6.07) is 0. The molecule has 0 bridgehead atoms. The Bertz CT molecular complexity index is 1900. The lowest BCUT2D eigenvalue weighted by Crippen LogP contribution is -2.30. The second kappa shape index (κ2) is 67.7. The highest BCUT2D eigenvalue weighted by Crippen LogP contribution is 2.45. The molecule has 0 aromatic rings. The lowest BCUT2D eigenvalue weighted by atomic mass is 10.0. The highest BCUT2D eigenvalue weighted by atomic mass is 31.2. The Morgan fingerprint density at radius 2 is 0.574 bits per heavy atom. The molecule has 0 radical (unpaired) electrons. The molecule has 0 spiro atoms. The van der Waals surface area contributed by atoms with Gasteiger partial charge in [-0.1, -0.05) is 316 Å². The van der Waals surface area contributed by atoms with E-state index in [1.54, 1.807) is 0 Å². The summed E-state index contributed by atoms with van der Waals surface area (Å²) in [5.74, 6) is -1.47. The van der Waals surface area contributed by atoms with Crippen molar-refractivity contribution in [1.29, 1.82) is 0 Å². The number of aliphatic hydroxyl groups excluding tert-OH is 1. The molecule has 5 atom stereocenters. The van der Waals surface area contributed by atoms with Crippen LogP contribution in [-0.2, 0) is 65.4 Å². The monoisotopic (exact) mass is 1380 g/mol. The van der Waals surface area contributed by atoms with Gasteiger partial charge < -0.3 is 33.8 Å². The van der Waals surface area contributed by atoms with E-state index in [-0.39, 0.29) is 25.7 Å². The van der Waals surface area contributed by atoms with E-state index in [1.165, 1.54) is 167 Å². The van der Waals surface area contributed by atoms with Gasteiger partial charge in [-0.2, -0.15) is 0 Å². The highest BCUT2D eigenvalue weighted by Gasteiger charge is 2.30. The molecule has 3 N–H and O–H groups in total. The summed E-state index contributed by atoms with van der Waals surface area (Å²) in [6.45, 7) is 7.13. The summed E-state index contributed by atoms with van der Waals surface area (Å²) in [6.07, 6.45) is 59.2. The van der Waals surface area contributed by atoms with E-state index in [4.69, 9.17) is 37.0 Å². The number of hydrogen-bond donors (Lipinski definition) is 3. The number of allylic oxidation sites excluding steroid dienone is 4. The van der Waals surface area contributed by atoms with Gasteiger partial charge >= 0.3 is 39.5 Å². The van der Waals surface area contributed by atoms with Gasteiger partial charge in [-0.15, -0.1) is 0 Å². The van der Waals surface area contributed by atoms with Crippen molar-refractivity contribution in [2.45, 2.75) is 387 Å². The normalized spacial score (nSPS) is 14.1. The van der Waals surface area contributed by atoms with Gasteiger partial charge in [0.15, 0.2) is 12.2 Å². The zero-order chi connectivity index (χ0) is 69.1. The molecule has 17 nitrogen and oxygen atoms in total. The van der Waals surface area contributed by atoms with Crippen LogP contribution in [0, 0.1) is 5.92 Å². The maximum atomic E-state index is 13.1. The average molecular weight is 1380 g/mol. The lowest BCUT2D eigenvalue weighted by Gasteiger charge is -2.21. The Hall–Kier alpha value is -2.46. The molecule has 0 aromatic heterocycles. The molecule has 0 amide bonds. The molecule has 0 aliphatic rings. The van der Waals surface area contributed by atoms with Crippen molar-refractivity contribution in [2.75, 3.05) is 39.6 Å². The van der Waals surface area contributed by atoms with Gasteiger partial charge in [-0.05, 0) is 57.3 Å². The van der Waals surface area contributed by atoms with Crippen molar-refractivity contribution >= 4 is 39.5 Å². The van der Waals surface area contributed by atoms with Crippen LogP contribution in [0.4, 0.5) is 0 Å². The fourth-order valence-electron chi connectivity index (χ4n) is 11.0. The highest BCUT2D eigenvalue weighted by molar-refractivity contribution is 7.47. The van der Waals surface area contributed by atoms with Crippen LogP contribution in [0.2, 0.25) is 0 Å². The van der Waals surface area contributed by atoms with E-state index in [2.05, 4.69) is 58.9 Å². The summed E-state index contributed by atoms with van der Waals surface area (Å²) in [5, 5.41) is 10.6. The van der Waals surface area contributed by atoms with E-state index >= 15 is 0 Å². The van der Waals surface area contributed by atoms with Gasteiger partial charge in [0, 0.05) is 25.7 Å². The Kier molecular flexibility index (Phi) is 65.9. The molecule has 0 aliphatic heterocycles. The van der Waals surface area contributed by atoms with Crippen LogP contribution < -0.4 is 0 Å². The SMILES string of the molecule is CCCCCC/C=C\C=C/CCCCCCCC(=O)OC[C@H](COP(=O)(O)OC[C@@H](O)COP(=O)(O)OC[C@@H](COC(=O)CCCCCCCCC(C)C)OC(=O)CCCCCCCCCCCCCC)OC(=O)CCCCCCCCCCCCCCCCCCCC. The van der Waals surface area contributed by atoms with Crippen molar-refractivity contribution in [3.05, 3.63) is 24.3 Å². The van der Waals surface area contributed by atoms with Crippen molar-refractivity contribution < 1.29 is 80.2 Å². The molecule has 2 unspecified atom stereocenters. The molecule has 0 heterocycles. The van der Waals surface area contributed by atoms with Crippen molar-refractivity contribution in [1.82, 2.24) is 0 Å². The predicted octanol–water partition coefficient (Wildman–Crippen LogP) is 21.6. The molecule has 0 rings (SSSR count). The number of phosphoric ester groups is 2. The Morgan fingerprint density at radius 3 is 0.872 bits per heavy atom.